The van der Waals surface area contributed by atoms with E-state index in [1.165, 1.54) is 0 Å². The molecule has 0 saturated carbocycles. The number of hydrogen-bond acceptors (Lipinski definition) is 5. The standard InChI is InChI=1S/C22H32BNO5/c1-20(2,3)27-18(25)14-15-12-13-24(19(15)26)17-10-8-16(9-11-17)23-28-21(4,5)22(6,7)29-23/h8-11,15H,12-14H2,1-7H3. The van der Waals surface area contributed by atoms with E-state index >= 15 is 0 Å². The van der Waals surface area contributed by atoms with Gasteiger partial charge in [0.25, 0.3) is 0 Å². The summed E-state index contributed by atoms with van der Waals surface area (Å²) < 4.78 is 17.5. The molecular weight excluding hydrogens is 369 g/mol. The minimum absolute atomic E-state index is 0.0285. The van der Waals surface area contributed by atoms with Crippen molar-refractivity contribution in [3.63, 3.8) is 0 Å². The van der Waals surface area contributed by atoms with E-state index in [0.717, 1.165) is 11.2 Å². The highest BCUT2D eigenvalue weighted by Crippen LogP contribution is 2.36. The molecule has 3 rings (SSSR count). The fraction of sp³-hybridized carbons (Fsp3) is 0.636. The molecule has 6 nitrogen and oxygen atoms in total. The van der Waals surface area contributed by atoms with Gasteiger partial charge >= 0.3 is 13.1 Å². The molecule has 2 aliphatic heterocycles. The Labute approximate surface area is 174 Å². The Hall–Kier alpha value is -1.86. The highest BCUT2D eigenvalue weighted by molar-refractivity contribution is 6.62. The first-order chi connectivity index (χ1) is 13.3. The van der Waals surface area contributed by atoms with Gasteiger partial charge in [0.1, 0.15) is 5.60 Å². The number of nitrogens with zero attached hydrogens (tertiary/aromatic N) is 1. The molecule has 29 heavy (non-hydrogen) atoms. The third-order valence-corrected chi connectivity index (χ3v) is 5.88. The van der Waals surface area contributed by atoms with Crippen LogP contribution in [0.3, 0.4) is 0 Å². The second-order valence-corrected chi connectivity index (χ2v) is 9.95. The number of rotatable bonds is 4. The summed E-state index contributed by atoms with van der Waals surface area (Å²) in [6.07, 6.45) is 0.773. The number of esters is 1. The molecule has 1 atom stereocenters. The normalized spacial score (nSPS) is 23.6. The molecule has 158 valence electrons. The molecule has 1 amide bonds. The van der Waals surface area contributed by atoms with Gasteiger partial charge < -0.3 is 18.9 Å². The van der Waals surface area contributed by atoms with Crippen molar-refractivity contribution in [2.24, 2.45) is 5.92 Å². The predicted molar refractivity (Wildman–Crippen MR) is 113 cm³/mol. The van der Waals surface area contributed by atoms with E-state index < -0.39 is 23.9 Å². The van der Waals surface area contributed by atoms with Gasteiger partial charge in [-0.25, -0.2) is 0 Å². The molecular formula is C22H32BNO5. The molecule has 2 heterocycles. The van der Waals surface area contributed by atoms with E-state index in [4.69, 9.17) is 14.0 Å². The Balaban J connectivity index is 1.64. The van der Waals surface area contributed by atoms with Gasteiger partial charge in [-0.05, 0) is 72.5 Å². The van der Waals surface area contributed by atoms with Crippen LogP contribution < -0.4 is 10.4 Å². The highest BCUT2D eigenvalue weighted by atomic mass is 16.7. The largest absolute Gasteiger partial charge is 0.494 e. The number of ether oxygens (including phenoxy) is 1. The molecule has 1 aromatic rings. The summed E-state index contributed by atoms with van der Waals surface area (Å²) in [5, 5.41) is 0. The Morgan fingerprint density at radius 3 is 2.21 bits per heavy atom. The summed E-state index contributed by atoms with van der Waals surface area (Å²) in [7, 11) is -0.428. The van der Waals surface area contributed by atoms with Crippen molar-refractivity contribution in [2.45, 2.75) is 78.1 Å². The third-order valence-electron chi connectivity index (χ3n) is 5.88. The van der Waals surface area contributed by atoms with E-state index in [1.54, 1.807) is 4.90 Å². The number of anilines is 1. The third kappa shape index (κ3) is 4.67. The maximum absolute atomic E-state index is 12.8. The summed E-state index contributed by atoms with van der Waals surface area (Å²) in [6, 6.07) is 7.69. The predicted octanol–water partition coefficient (Wildman–Crippen LogP) is 3.07. The minimum atomic E-state index is -0.540. The van der Waals surface area contributed by atoms with Gasteiger partial charge in [-0.15, -0.1) is 0 Å². The van der Waals surface area contributed by atoms with Crippen molar-refractivity contribution < 1.29 is 23.6 Å². The molecule has 1 unspecified atom stereocenters. The summed E-state index contributed by atoms with van der Waals surface area (Å²) in [5.74, 6) is -0.680. The molecule has 0 bridgehead atoms. The van der Waals surface area contributed by atoms with Crippen LogP contribution in [0.1, 0.15) is 61.3 Å². The van der Waals surface area contributed by atoms with Crippen LogP contribution in [-0.4, -0.2) is 42.3 Å². The maximum atomic E-state index is 12.8. The number of benzene rings is 1. The molecule has 0 aromatic heterocycles. The Kier molecular flexibility index (Phi) is 5.60. The van der Waals surface area contributed by atoms with Crippen molar-refractivity contribution in [1.29, 1.82) is 0 Å². The molecule has 0 spiro atoms. The number of amides is 1. The molecule has 7 heteroatoms. The van der Waals surface area contributed by atoms with Gasteiger partial charge in [0.2, 0.25) is 5.91 Å². The molecule has 0 N–H and O–H groups in total. The Bertz CT molecular complexity index is 765. The van der Waals surface area contributed by atoms with Crippen molar-refractivity contribution in [1.82, 2.24) is 0 Å². The van der Waals surface area contributed by atoms with Crippen molar-refractivity contribution >= 4 is 30.1 Å². The van der Waals surface area contributed by atoms with Gasteiger partial charge in [0.15, 0.2) is 0 Å². The molecule has 2 fully saturated rings. The zero-order valence-electron chi connectivity index (χ0n) is 18.6. The van der Waals surface area contributed by atoms with Crippen LogP contribution in [0, 0.1) is 5.92 Å². The number of hydrogen-bond donors (Lipinski definition) is 0. The SMILES string of the molecule is CC(C)(C)OC(=O)CC1CCN(c2ccc(B3OC(C)(C)C(C)(C)O3)cc2)C1=O. The lowest BCUT2D eigenvalue weighted by atomic mass is 9.79. The van der Waals surface area contributed by atoms with Crippen LogP contribution in [0.5, 0.6) is 0 Å². The fourth-order valence-corrected chi connectivity index (χ4v) is 3.56. The minimum Gasteiger partial charge on any atom is -0.460 e. The molecule has 1 aromatic carbocycles. The second-order valence-electron chi connectivity index (χ2n) is 9.95. The Morgan fingerprint density at radius 1 is 1.14 bits per heavy atom. The Morgan fingerprint density at radius 2 is 1.69 bits per heavy atom. The highest BCUT2D eigenvalue weighted by Gasteiger charge is 2.51. The van der Waals surface area contributed by atoms with Crippen LogP contribution >= 0.6 is 0 Å². The van der Waals surface area contributed by atoms with Crippen molar-refractivity contribution in [3.05, 3.63) is 24.3 Å². The van der Waals surface area contributed by atoms with Crippen LogP contribution in [0.25, 0.3) is 0 Å². The van der Waals surface area contributed by atoms with Gasteiger partial charge in [-0.2, -0.15) is 0 Å². The smallest absolute Gasteiger partial charge is 0.460 e. The zero-order chi connectivity index (χ0) is 21.6. The summed E-state index contributed by atoms with van der Waals surface area (Å²) in [5.41, 5.74) is 0.417. The fourth-order valence-electron chi connectivity index (χ4n) is 3.56. The number of carbonyl (C=O) groups excluding carboxylic acids is 2. The topological polar surface area (TPSA) is 65.1 Å². The molecule has 2 saturated heterocycles. The average molecular weight is 401 g/mol. The zero-order valence-corrected chi connectivity index (χ0v) is 18.6. The maximum Gasteiger partial charge on any atom is 0.494 e. The number of carbonyl (C=O) groups is 2. The summed E-state index contributed by atoms with van der Waals surface area (Å²) in [6.45, 7) is 14.2. The lowest BCUT2D eigenvalue weighted by Gasteiger charge is -2.32. The first-order valence-corrected chi connectivity index (χ1v) is 10.3. The monoisotopic (exact) mass is 401 g/mol. The second kappa shape index (κ2) is 7.44. The lowest BCUT2D eigenvalue weighted by molar-refractivity contribution is -0.156. The van der Waals surface area contributed by atoms with Gasteiger partial charge in [-0.1, -0.05) is 12.1 Å². The van der Waals surface area contributed by atoms with Gasteiger partial charge in [0, 0.05) is 12.2 Å². The summed E-state index contributed by atoms with van der Waals surface area (Å²) >= 11 is 0. The average Bonchev–Trinajstić information content (AvgIpc) is 3.03. The summed E-state index contributed by atoms with van der Waals surface area (Å²) in [4.78, 5) is 26.6. The van der Waals surface area contributed by atoms with E-state index in [2.05, 4.69) is 0 Å². The first-order valence-electron chi connectivity index (χ1n) is 10.3. The van der Waals surface area contributed by atoms with E-state index in [0.29, 0.717) is 13.0 Å². The van der Waals surface area contributed by atoms with E-state index in [1.807, 2.05) is 72.7 Å². The molecule has 2 aliphatic rings. The van der Waals surface area contributed by atoms with E-state index in [-0.39, 0.29) is 24.2 Å². The van der Waals surface area contributed by atoms with Crippen LogP contribution in [0.2, 0.25) is 0 Å². The molecule has 0 aliphatic carbocycles. The van der Waals surface area contributed by atoms with Gasteiger partial charge in [0.05, 0.1) is 23.5 Å². The van der Waals surface area contributed by atoms with Crippen molar-refractivity contribution in [2.75, 3.05) is 11.4 Å². The van der Waals surface area contributed by atoms with E-state index in [9.17, 15) is 9.59 Å². The van der Waals surface area contributed by atoms with Crippen LogP contribution in [0.15, 0.2) is 24.3 Å². The van der Waals surface area contributed by atoms with Crippen molar-refractivity contribution in [3.8, 4) is 0 Å². The first kappa shape index (κ1) is 21.8. The van der Waals surface area contributed by atoms with Gasteiger partial charge in [-0.3, -0.25) is 9.59 Å². The lowest BCUT2D eigenvalue weighted by Crippen LogP contribution is -2.41. The molecule has 0 radical (unpaired) electrons. The van der Waals surface area contributed by atoms with Crippen LogP contribution in [0.4, 0.5) is 5.69 Å². The van der Waals surface area contributed by atoms with Crippen LogP contribution in [-0.2, 0) is 23.6 Å². The quantitative estimate of drug-likeness (QED) is 0.573.